The molecular weight excluding hydrogens is 727 g/mol. The molecule has 2 saturated heterocycles. The number of carbonyl (C=O) groups excluding carboxylic acids is 4. The van der Waals surface area contributed by atoms with Gasteiger partial charge in [0, 0.05) is 28.5 Å². The molecule has 3 fully saturated rings. The van der Waals surface area contributed by atoms with Gasteiger partial charge < -0.3 is 5.11 Å². The molecule has 5 aromatic carbocycles. The number of phenols is 1. The molecule has 1 saturated carbocycles. The fraction of sp³-hybridized carbons (Fsp3) is 0.190. The van der Waals surface area contributed by atoms with Crippen LogP contribution in [0.3, 0.4) is 0 Å². The quantitative estimate of drug-likeness (QED) is 0.0786. The molecule has 6 atom stereocenters. The molecule has 2 N–H and O–H groups in total. The Labute approximate surface area is 317 Å². The van der Waals surface area contributed by atoms with E-state index in [2.05, 4.69) is 5.43 Å². The average molecular weight is 757 g/mol. The summed E-state index contributed by atoms with van der Waals surface area (Å²) in [6.45, 7) is 0. The number of rotatable bonds is 6. The number of hydrogen-bond acceptors (Lipinski definition) is 8. The van der Waals surface area contributed by atoms with Crippen LogP contribution in [0.2, 0.25) is 5.02 Å². The molecule has 4 amide bonds. The Kier molecular flexibility index (Phi) is 7.87. The largest absolute Gasteiger partial charge is 0.507 e. The minimum atomic E-state index is -1.62. The van der Waals surface area contributed by atoms with Crippen LogP contribution in [-0.4, -0.2) is 38.7 Å². The number of nitro benzene ring substituents is 1. The van der Waals surface area contributed by atoms with E-state index in [4.69, 9.17) is 11.6 Å². The average Bonchev–Trinajstić information content (AvgIpc) is 3.57. The van der Waals surface area contributed by atoms with E-state index in [0.717, 1.165) is 9.91 Å². The van der Waals surface area contributed by atoms with Gasteiger partial charge in [-0.15, -0.1) is 0 Å². The lowest BCUT2D eigenvalue weighted by atomic mass is 9.49. The smallest absolute Gasteiger partial charge is 0.271 e. The lowest BCUT2D eigenvalue weighted by Gasteiger charge is -2.51. The summed E-state index contributed by atoms with van der Waals surface area (Å²) in [5.41, 5.74) is 3.22. The number of halogens is 2. The van der Waals surface area contributed by atoms with E-state index in [1.165, 1.54) is 48.5 Å². The number of nitrogens with zero attached hydrogens (tertiary/aromatic N) is 3. The van der Waals surface area contributed by atoms with Gasteiger partial charge in [-0.25, -0.2) is 9.29 Å². The number of imide groups is 2. The Morgan fingerprint density at radius 3 is 2.29 bits per heavy atom. The molecule has 11 nitrogen and oxygen atoms in total. The first kappa shape index (κ1) is 34.4. The number of fused-ring (bicyclic) bond motifs is 5. The Balaban J connectivity index is 1.27. The van der Waals surface area contributed by atoms with Crippen LogP contribution in [0.1, 0.15) is 29.9 Å². The van der Waals surface area contributed by atoms with Gasteiger partial charge >= 0.3 is 0 Å². The van der Waals surface area contributed by atoms with Crippen LogP contribution in [-0.2, 0) is 24.6 Å². The Hall–Kier alpha value is -6.40. The number of carbonyl (C=O) groups is 4. The monoisotopic (exact) mass is 756 g/mol. The van der Waals surface area contributed by atoms with E-state index in [9.17, 15) is 34.0 Å². The molecule has 0 radical (unpaired) electrons. The summed E-state index contributed by atoms with van der Waals surface area (Å²) >= 11 is 6.39. The van der Waals surface area contributed by atoms with Gasteiger partial charge in [-0.05, 0) is 83.8 Å². The number of allylic oxidation sites excluding steroid dienone is 2. The van der Waals surface area contributed by atoms with Crippen LogP contribution in [0, 0.1) is 39.6 Å². The number of amides is 4. The van der Waals surface area contributed by atoms with Crippen LogP contribution in [0.25, 0.3) is 10.8 Å². The number of phenolic OH excluding ortho intramolecular Hbond substituents is 1. The second-order valence-corrected chi connectivity index (χ2v) is 14.8. The van der Waals surface area contributed by atoms with Crippen molar-refractivity contribution in [3.8, 4) is 5.75 Å². The fourth-order valence-electron chi connectivity index (χ4n) is 9.56. The minimum absolute atomic E-state index is 0.0100. The second-order valence-electron chi connectivity index (χ2n) is 14.4. The van der Waals surface area contributed by atoms with Gasteiger partial charge in [0.15, 0.2) is 0 Å². The highest BCUT2D eigenvalue weighted by Crippen LogP contribution is 2.65. The number of nitrogens with one attached hydrogen (secondary N) is 1. The van der Waals surface area contributed by atoms with Crippen molar-refractivity contribution in [3.05, 3.63) is 153 Å². The molecule has 0 spiro atoms. The summed E-state index contributed by atoms with van der Waals surface area (Å²) < 4.78 is 13.9. The van der Waals surface area contributed by atoms with Crippen LogP contribution in [0.4, 0.5) is 21.5 Å². The van der Waals surface area contributed by atoms with Gasteiger partial charge in [-0.3, -0.25) is 34.7 Å². The highest BCUT2D eigenvalue weighted by atomic mass is 35.5. The van der Waals surface area contributed by atoms with Gasteiger partial charge in [0.25, 0.3) is 17.5 Å². The third-order valence-corrected chi connectivity index (χ3v) is 12.1. The predicted octanol–water partition coefficient (Wildman–Crippen LogP) is 7.44. The topological polar surface area (TPSA) is 150 Å². The number of non-ortho nitro benzene ring substituents is 1. The predicted molar refractivity (Wildman–Crippen MR) is 200 cm³/mol. The van der Waals surface area contributed by atoms with E-state index in [0.29, 0.717) is 38.2 Å². The van der Waals surface area contributed by atoms with Gasteiger partial charge in [0.1, 0.15) is 11.6 Å². The van der Waals surface area contributed by atoms with Crippen molar-refractivity contribution in [2.24, 2.45) is 23.7 Å². The Morgan fingerprint density at radius 2 is 1.56 bits per heavy atom. The van der Waals surface area contributed by atoms with Crippen molar-refractivity contribution >= 4 is 63.1 Å². The molecule has 2 aliphatic carbocycles. The number of aromatic hydroxyl groups is 1. The summed E-state index contributed by atoms with van der Waals surface area (Å²) in [6.07, 6.45) is 2.05. The molecular formula is C42H30ClFN4O7. The third-order valence-electron chi connectivity index (χ3n) is 11.8. The minimum Gasteiger partial charge on any atom is -0.507 e. The second kappa shape index (κ2) is 12.6. The van der Waals surface area contributed by atoms with E-state index in [1.54, 1.807) is 48.5 Å². The number of anilines is 2. The van der Waals surface area contributed by atoms with E-state index in [1.807, 2.05) is 18.2 Å². The van der Waals surface area contributed by atoms with Crippen LogP contribution in [0.5, 0.6) is 5.75 Å². The van der Waals surface area contributed by atoms with E-state index < -0.39 is 69.4 Å². The maximum Gasteiger partial charge on any atom is 0.271 e. The molecule has 2 heterocycles. The standard InChI is InChI=1S/C42H30ClFN4O7/c43-23-10-8-22(9-11-23)42-34(39(51)47(41(42)53)45-25-14-12-24(44)13-15-25)21-33-31(37(42)30-18-19-35(49)29-7-2-1-6-28(29)30)16-17-32-36(33)40(52)46(38(32)50)26-4-3-5-27(20-26)48(54)55/h1-16,18-20,32-34,36-37,45,49H,17,21H2. The van der Waals surface area contributed by atoms with Gasteiger partial charge in [0.2, 0.25) is 11.8 Å². The molecule has 55 heavy (non-hydrogen) atoms. The molecule has 4 aliphatic rings. The molecule has 9 rings (SSSR count). The zero-order valence-corrected chi connectivity index (χ0v) is 29.5. The molecule has 0 aromatic heterocycles. The number of hydrazine groups is 1. The Bertz CT molecular complexity index is 2530. The highest BCUT2D eigenvalue weighted by Gasteiger charge is 2.70. The maximum atomic E-state index is 15.4. The third kappa shape index (κ3) is 5.01. The molecule has 5 aromatic rings. The molecule has 6 unspecified atom stereocenters. The first-order valence-electron chi connectivity index (χ1n) is 17.7. The van der Waals surface area contributed by atoms with Gasteiger partial charge in [-0.2, -0.15) is 5.01 Å². The summed E-state index contributed by atoms with van der Waals surface area (Å²) in [5, 5.41) is 25.2. The summed E-state index contributed by atoms with van der Waals surface area (Å²) in [4.78, 5) is 71.1. The van der Waals surface area contributed by atoms with Gasteiger partial charge in [0.05, 0.1) is 39.5 Å². The summed E-state index contributed by atoms with van der Waals surface area (Å²) in [7, 11) is 0. The van der Waals surface area contributed by atoms with Crippen molar-refractivity contribution in [2.75, 3.05) is 10.3 Å². The summed E-state index contributed by atoms with van der Waals surface area (Å²) in [6, 6.07) is 27.8. The first-order valence-corrected chi connectivity index (χ1v) is 18.1. The fourth-order valence-corrected chi connectivity index (χ4v) is 9.68. The van der Waals surface area contributed by atoms with Gasteiger partial charge in [-0.1, -0.05) is 71.8 Å². The number of benzene rings is 5. The van der Waals surface area contributed by atoms with E-state index >= 15 is 4.79 Å². The molecule has 13 heteroatoms. The van der Waals surface area contributed by atoms with Crippen LogP contribution in [0.15, 0.2) is 121 Å². The maximum absolute atomic E-state index is 15.4. The molecule has 274 valence electrons. The number of nitro groups is 1. The van der Waals surface area contributed by atoms with E-state index in [-0.39, 0.29) is 30.0 Å². The van der Waals surface area contributed by atoms with Crippen molar-refractivity contribution in [1.82, 2.24) is 5.01 Å². The van der Waals surface area contributed by atoms with Crippen molar-refractivity contribution in [1.29, 1.82) is 0 Å². The van der Waals surface area contributed by atoms with Crippen LogP contribution < -0.4 is 10.3 Å². The number of hydrogen-bond donors (Lipinski definition) is 2. The van der Waals surface area contributed by atoms with Crippen LogP contribution >= 0.6 is 11.6 Å². The lowest BCUT2D eigenvalue weighted by molar-refractivity contribution is -0.384. The van der Waals surface area contributed by atoms with Crippen molar-refractivity contribution < 1.29 is 33.6 Å². The molecule has 0 bridgehead atoms. The normalized spacial score (nSPS) is 25.8. The Morgan fingerprint density at radius 1 is 0.836 bits per heavy atom. The zero-order valence-electron chi connectivity index (χ0n) is 28.8. The van der Waals surface area contributed by atoms with Crippen molar-refractivity contribution in [3.63, 3.8) is 0 Å². The molecule has 2 aliphatic heterocycles. The van der Waals surface area contributed by atoms with Crippen molar-refractivity contribution in [2.45, 2.75) is 24.2 Å². The highest BCUT2D eigenvalue weighted by molar-refractivity contribution is 6.30. The zero-order chi connectivity index (χ0) is 38.3. The first-order chi connectivity index (χ1) is 26.5. The lowest BCUT2D eigenvalue weighted by Crippen LogP contribution is -2.53. The summed E-state index contributed by atoms with van der Waals surface area (Å²) in [5.74, 6) is -7.13. The SMILES string of the molecule is O=C1C2CC3C(=CCC4C(=O)N(c5cccc([N+](=O)[O-])c5)C(=O)C43)C(c3ccc(O)c4ccccc34)C2(c2ccc(Cl)cc2)C(=O)N1Nc1ccc(F)cc1.